The molecule has 0 radical (unpaired) electrons. The molecular weight excluding hydrogens is 142 g/mol. The van der Waals surface area contributed by atoms with E-state index in [0.717, 1.165) is 0 Å². The lowest BCUT2D eigenvalue weighted by atomic mass is 10.4. The second kappa shape index (κ2) is 3.17. The highest BCUT2D eigenvalue weighted by Crippen LogP contribution is 2.04. The van der Waals surface area contributed by atoms with Gasteiger partial charge in [-0.3, -0.25) is 0 Å². The van der Waals surface area contributed by atoms with Crippen molar-refractivity contribution in [3.8, 4) is 6.07 Å². The third-order valence-corrected chi connectivity index (χ3v) is 1.49. The molecule has 0 spiro atoms. The minimum atomic E-state index is -0.00963. The summed E-state index contributed by atoms with van der Waals surface area (Å²) in [4.78, 5) is 3.79. The summed E-state index contributed by atoms with van der Waals surface area (Å²) in [5, 5.41) is 17.2. The van der Waals surface area contributed by atoms with Gasteiger partial charge in [-0.15, -0.1) is 0 Å². The highest BCUT2D eigenvalue weighted by Gasteiger charge is 2.02. The Bertz CT molecular complexity index is 273. The summed E-state index contributed by atoms with van der Waals surface area (Å²) in [7, 11) is 0. The Morgan fingerprint density at radius 1 is 1.91 bits per heavy atom. The van der Waals surface area contributed by atoms with Gasteiger partial charge in [-0.05, 0) is 6.92 Å². The largest absolute Gasteiger partial charge is 0.394 e. The molecule has 1 rings (SSSR count). The fraction of sp³-hybridized carbons (Fsp3) is 0.429. The van der Waals surface area contributed by atoms with Crippen LogP contribution in [0.25, 0.3) is 0 Å². The van der Waals surface area contributed by atoms with Gasteiger partial charge in [0.25, 0.3) is 0 Å². The predicted molar refractivity (Wildman–Crippen MR) is 38.7 cm³/mol. The maximum absolute atomic E-state index is 8.74. The fourth-order valence-electron chi connectivity index (χ4n) is 0.730. The van der Waals surface area contributed by atoms with Crippen LogP contribution >= 0.6 is 0 Å². The number of imidazole rings is 1. The number of aliphatic hydroxyl groups is 1. The van der Waals surface area contributed by atoms with Crippen molar-refractivity contribution in [2.75, 3.05) is 6.61 Å². The van der Waals surface area contributed by atoms with Crippen LogP contribution in [-0.2, 0) is 0 Å². The molecule has 1 N–H and O–H groups in total. The SMILES string of the molecule is C[C@H](CO)n1cnc(C#N)c1. The van der Waals surface area contributed by atoms with E-state index in [4.69, 9.17) is 10.4 Å². The molecule has 0 bridgehead atoms. The molecule has 58 valence electrons. The summed E-state index contributed by atoms with van der Waals surface area (Å²) in [5.41, 5.74) is 0.380. The van der Waals surface area contributed by atoms with E-state index in [9.17, 15) is 0 Å². The summed E-state index contributed by atoms with van der Waals surface area (Å²) in [5.74, 6) is 0. The Kier molecular flexibility index (Phi) is 2.24. The maximum Gasteiger partial charge on any atom is 0.158 e. The molecule has 0 aliphatic heterocycles. The number of aromatic nitrogens is 2. The zero-order valence-corrected chi connectivity index (χ0v) is 6.23. The zero-order chi connectivity index (χ0) is 8.27. The molecule has 1 aromatic rings. The minimum Gasteiger partial charge on any atom is -0.394 e. The van der Waals surface area contributed by atoms with E-state index in [1.807, 2.05) is 13.0 Å². The van der Waals surface area contributed by atoms with Gasteiger partial charge in [0, 0.05) is 6.20 Å². The van der Waals surface area contributed by atoms with Gasteiger partial charge in [0.05, 0.1) is 19.0 Å². The Morgan fingerprint density at radius 2 is 2.64 bits per heavy atom. The lowest BCUT2D eigenvalue weighted by Gasteiger charge is -2.07. The van der Waals surface area contributed by atoms with Crippen molar-refractivity contribution < 1.29 is 5.11 Å². The van der Waals surface area contributed by atoms with Crippen molar-refractivity contribution in [1.29, 1.82) is 5.26 Å². The van der Waals surface area contributed by atoms with Gasteiger partial charge in [0.1, 0.15) is 6.07 Å². The first-order chi connectivity index (χ1) is 5.27. The average molecular weight is 151 g/mol. The normalized spacial score (nSPS) is 12.5. The molecular formula is C7H9N3O. The van der Waals surface area contributed by atoms with Crippen LogP contribution in [0.5, 0.6) is 0 Å². The lowest BCUT2D eigenvalue weighted by molar-refractivity contribution is 0.238. The predicted octanol–water partition coefficient (Wildman–Crippen LogP) is 0.308. The number of rotatable bonds is 2. The second-order valence-electron chi connectivity index (χ2n) is 2.35. The van der Waals surface area contributed by atoms with Crippen molar-refractivity contribution in [3.63, 3.8) is 0 Å². The summed E-state index contributed by atoms with van der Waals surface area (Å²) < 4.78 is 1.71. The monoisotopic (exact) mass is 151 g/mol. The Balaban J connectivity index is 2.82. The van der Waals surface area contributed by atoms with E-state index >= 15 is 0 Å². The smallest absolute Gasteiger partial charge is 0.158 e. The molecule has 0 aliphatic rings. The molecule has 4 nitrogen and oxygen atoms in total. The van der Waals surface area contributed by atoms with Crippen molar-refractivity contribution in [1.82, 2.24) is 9.55 Å². The Labute approximate surface area is 64.7 Å². The molecule has 1 atom stereocenters. The van der Waals surface area contributed by atoms with Crippen LogP contribution in [0, 0.1) is 11.3 Å². The van der Waals surface area contributed by atoms with Gasteiger partial charge in [0.15, 0.2) is 5.69 Å². The van der Waals surface area contributed by atoms with Crippen molar-refractivity contribution in [2.24, 2.45) is 0 Å². The van der Waals surface area contributed by atoms with Crippen LogP contribution in [0.4, 0.5) is 0 Å². The number of hydrogen-bond acceptors (Lipinski definition) is 3. The van der Waals surface area contributed by atoms with E-state index in [-0.39, 0.29) is 12.6 Å². The van der Waals surface area contributed by atoms with Crippen LogP contribution in [-0.4, -0.2) is 21.3 Å². The zero-order valence-electron chi connectivity index (χ0n) is 6.23. The minimum absolute atomic E-state index is 0.00963. The van der Waals surface area contributed by atoms with E-state index in [2.05, 4.69) is 4.98 Å². The quantitative estimate of drug-likeness (QED) is 0.661. The first-order valence-corrected chi connectivity index (χ1v) is 3.32. The van der Waals surface area contributed by atoms with E-state index in [1.54, 1.807) is 17.1 Å². The van der Waals surface area contributed by atoms with Crippen LogP contribution in [0.2, 0.25) is 0 Å². The van der Waals surface area contributed by atoms with Gasteiger partial charge < -0.3 is 9.67 Å². The molecule has 0 saturated carbocycles. The average Bonchev–Trinajstić information content (AvgIpc) is 2.50. The summed E-state index contributed by atoms with van der Waals surface area (Å²) in [6.45, 7) is 1.91. The molecule has 0 aromatic carbocycles. The number of nitriles is 1. The highest BCUT2D eigenvalue weighted by molar-refractivity contribution is 5.15. The van der Waals surface area contributed by atoms with Gasteiger partial charge in [-0.25, -0.2) is 4.98 Å². The lowest BCUT2D eigenvalue weighted by Crippen LogP contribution is -2.06. The van der Waals surface area contributed by atoms with Crippen LogP contribution in [0.15, 0.2) is 12.5 Å². The standard InChI is InChI=1S/C7H9N3O/c1-6(4-11)10-3-7(2-8)9-5-10/h3,5-6,11H,4H2,1H3/t6-/m1/s1. The van der Waals surface area contributed by atoms with Crippen LogP contribution in [0.3, 0.4) is 0 Å². The number of hydrogen-bond donors (Lipinski definition) is 1. The molecule has 0 fully saturated rings. The van der Waals surface area contributed by atoms with Gasteiger partial charge in [-0.2, -0.15) is 5.26 Å². The van der Waals surface area contributed by atoms with E-state index < -0.39 is 0 Å². The molecule has 4 heteroatoms. The summed E-state index contributed by atoms with van der Waals surface area (Å²) in [6, 6.07) is 1.90. The van der Waals surface area contributed by atoms with Crippen molar-refractivity contribution in [2.45, 2.75) is 13.0 Å². The van der Waals surface area contributed by atoms with Gasteiger partial charge in [-0.1, -0.05) is 0 Å². The first kappa shape index (κ1) is 7.76. The molecule has 0 amide bonds. The molecule has 1 aromatic heterocycles. The number of nitrogens with zero attached hydrogens (tertiary/aromatic N) is 3. The van der Waals surface area contributed by atoms with Gasteiger partial charge >= 0.3 is 0 Å². The van der Waals surface area contributed by atoms with Crippen LogP contribution in [0.1, 0.15) is 18.7 Å². The third kappa shape index (κ3) is 1.57. The fourth-order valence-corrected chi connectivity index (χ4v) is 0.730. The Hall–Kier alpha value is -1.34. The maximum atomic E-state index is 8.74. The van der Waals surface area contributed by atoms with Crippen molar-refractivity contribution >= 4 is 0 Å². The molecule has 0 unspecified atom stereocenters. The second-order valence-corrected chi connectivity index (χ2v) is 2.35. The van der Waals surface area contributed by atoms with Crippen LogP contribution < -0.4 is 0 Å². The molecule has 0 aliphatic carbocycles. The first-order valence-electron chi connectivity index (χ1n) is 3.32. The van der Waals surface area contributed by atoms with E-state index in [0.29, 0.717) is 5.69 Å². The highest BCUT2D eigenvalue weighted by atomic mass is 16.3. The summed E-state index contributed by atoms with van der Waals surface area (Å²) >= 11 is 0. The van der Waals surface area contributed by atoms with Crippen molar-refractivity contribution in [3.05, 3.63) is 18.2 Å². The molecule has 0 saturated heterocycles. The molecule has 11 heavy (non-hydrogen) atoms. The summed E-state index contributed by atoms with van der Waals surface area (Å²) in [6.07, 6.45) is 3.15. The van der Waals surface area contributed by atoms with Gasteiger partial charge in [0.2, 0.25) is 0 Å². The third-order valence-electron chi connectivity index (χ3n) is 1.49. The topological polar surface area (TPSA) is 61.8 Å². The Morgan fingerprint density at radius 3 is 3.09 bits per heavy atom. The molecule has 1 heterocycles. The number of aliphatic hydroxyl groups excluding tert-OH is 1. The van der Waals surface area contributed by atoms with E-state index in [1.165, 1.54) is 0 Å².